The second-order valence-electron chi connectivity index (χ2n) is 8.09. The van der Waals surface area contributed by atoms with Gasteiger partial charge in [-0.2, -0.15) is 13.2 Å². The van der Waals surface area contributed by atoms with Crippen molar-refractivity contribution in [3.05, 3.63) is 72.1 Å². The van der Waals surface area contributed by atoms with Crippen LogP contribution in [0, 0.1) is 0 Å². The molecule has 1 atom stereocenters. The van der Waals surface area contributed by atoms with Gasteiger partial charge in [-0.05, 0) is 73.6 Å². The van der Waals surface area contributed by atoms with E-state index >= 15 is 0 Å². The van der Waals surface area contributed by atoms with Gasteiger partial charge >= 0.3 is 12.1 Å². The highest BCUT2D eigenvalue weighted by Gasteiger charge is 2.32. The van der Waals surface area contributed by atoms with Crippen LogP contribution >= 0.6 is 0 Å². The summed E-state index contributed by atoms with van der Waals surface area (Å²) in [5, 5.41) is 10.4. The maximum absolute atomic E-state index is 12.9. The summed E-state index contributed by atoms with van der Waals surface area (Å²) in [6.07, 6.45) is -2.42. The minimum Gasteiger partial charge on any atom is -0.612 e. The molecule has 0 aliphatic heterocycles. The Morgan fingerprint density at radius 2 is 1.80 bits per heavy atom. The number of ether oxygens (including phenoxy) is 1. The normalized spacial score (nSPS) is 12.8. The summed E-state index contributed by atoms with van der Waals surface area (Å²) in [5.41, 5.74) is 0.722. The molecule has 6 nitrogen and oxygen atoms in total. The Hall–Kier alpha value is -3.50. The first-order chi connectivity index (χ1) is 16.5. The largest absolute Gasteiger partial charge is 0.612 e. The third-order valence-electron chi connectivity index (χ3n) is 5.26. The van der Waals surface area contributed by atoms with Gasteiger partial charge in [0.2, 0.25) is 0 Å². The molecule has 4 rings (SSSR count). The maximum atomic E-state index is 12.9. The number of carboxylic acids is 1. The van der Waals surface area contributed by atoms with E-state index in [-0.39, 0.29) is 22.4 Å². The van der Waals surface area contributed by atoms with Crippen LogP contribution in [0.1, 0.15) is 29.9 Å². The molecule has 0 bridgehead atoms. The molecule has 35 heavy (non-hydrogen) atoms. The highest BCUT2D eigenvalue weighted by atomic mass is 32.2. The smallest absolute Gasteiger partial charge is 0.417 e. The lowest BCUT2D eigenvalue weighted by Gasteiger charge is -2.12. The second-order valence-corrected chi connectivity index (χ2v) is 9.41. The fraction of sp³-hybridized carbons (Fsp3) is 0.200. The monoisotopic (exact) mass is 502 g/mol. The van der Waals surface area contributed by atoms with Crippen LogP contribution in [0.25, 0.3) is 27.8 Å². The van der Waals surface area contributed by atoms with Crippen molar-refractivity contribution in [3.63, 3.8) is 0 Å². The lowest BCUT2D eigenvalue weighted by atomic mass is 10.1. The van der Waals surface area contributed by atoms with Gasteiger partial charge in [-0.25, -0.2) is 4.79 Å². The SMILES string of the molecule is CC(C)Oc1ccc(-n2c(C(=O)O)c([S+](C)[O-])c3cc(-c4ccc(C(F)(F)F)cn4)ccc32)cc1. The van der Waals surface area contributed by atoms with Gasteiger partial charge in [0.1, 0.15) is 12.0 Å². The molecule has 2 heterocycles. The minimum atomic E-state index is -4.51. The summed E-state index contributed by atoms with van der Waals surface area (Å²) < 4.78 is 58.5. The zero-order valence-electron chi connectivity index (χ0n) is 19.0. The maximum Gasteiger partial charge on any atom is 0.417 e. The number of pyridine rings is 1. The molecule has 2 aromatic carbocycles. The van der Waals surface area contributed by atoms with Gasteiger partial charge in [0.25, 0.3) is 0 Å². The number of carboxylic acid groups (broad SMARTS) is 1. The number of alkyl halides is 3. The highest BCUT2D eigenvalue weighted by Crippen LogP contribution is 2.36. The van der Waals surface area contributed by atoms with E-state index in [9.17, 15) is 27.6 Å². The number of benzene rings is 2. The summed E-state index contributed by atoms with van der Waals surface area (Å²) in [6, 6.07) is 13.9. The Morgan fingerprint density at radius 3 is 2.31 bits per heavy atom. The fourth-order valence-corrected chi connectivity index (χ4v) is 4.78. The van der Waals surface area contributed by atoms with Gasteiger partial charge < -0.3 is 14.4 Å². The summed E-state index contributed by atoms with van der Waals surface area (Å²) in [5.74, 6) is -0.643. The summed E-state index contributed by atoms with van der Waals surface area (Å²) in [7, 11) is 0. The van der Waals surface area contributed by atoms with E-state index in [0.29, 0.717) is 27.9 Å². The number of nitrogens with zero attached hydrogens (tertiary/aromatic N) is 2. The molecule has 0 aliphatic rings. The number of hydrogen-bond donors (Lipinski definition) is 1. The quantitative estimate of drug-likeness (QED) is 0.330. The van der Waals surface area contributed by atoms with Gasteiger partial charge in [0.05, 0.1) is 28.3 Å². The molecule has 0 radical (unpaired) electrons. The Bertz CT molecular complexity index is 1380. The number of fused-ring (bicyclic) bond motifs is 1. The molecule has 0 spiro atoms. The van der Waals surface area contributed by atoms with E-state index in [0.717, 1.165) is 12.3 Å². The number of aromatic carboxylic acids is 1. The Labute approximate surface area is 202 Å². The molecule has 182 valence electrons. The van der Waals surface area contributed by atoms with Crippen molar-refractivity contribution in [2.45, 2.75) is 31.0 Å². The summed E-state index contributed by atoms with van der Waals surface area (Å²) in [4.78, 5) is 16.3. The summed E-state index contributed by atoms with van der Waals surface area (Å²) in [6.45, 7) is 3.78. The van der Waals surface area contributed by atoms with Crippen LogP contribution in [-0.2, 0) is 17.4 Å². The van der Waals surface area contributed by atoms with Crippen LogP contribution in [0.2, 0.25) is 0 Å². The van der Waals surface area contributed by atoms with Crippen molar-refractivity contribution >= 4 is 28.0 Å². The van der Waals surface area contributed by atoms with Crippen LogP contribution in [0.5, 0.6) is 5.75 Å². The lowest BCUT2D eigenvalue weighted by molar-refractivity contribution is -0.137. The fourth-order valence-electron chi connectivity index (χ4n) is 3.85. The number of carbonyl (C=O) groups is 1. The average Bonchev–Trinajstić information content (AvgIpc) is 3.14. The van der Waals surface area contributed by atoms with Crippen molar-refractivity contribution < 1.29 is 32.4 Å². The van der Waals surface area contributed by atoms with Gasteiger partial charge in [-0.15, -0.1) is 0 Å². The molecule has 0 amide bonds. The Kier molecular flexibility index (Phi) is 6.52. The highest BCUT2D eigenvalue weighted by molar-refractivity contribution is 7.91. The van der Waals surface area contributed by atoms with Crippen molar-refractivity contribution in [2.24, 2.45) is 0 Å². The van der Waals surface area contributed by atoms with E-state index in [2.05, 4.69) is 4.98 Å². The number of rotatable bonds is 6. The molecule has 0 saturated heterocycles. The molecule has 2 aromatic heterocycles. The van der Waals surface area contributed by atoms with Crippen LogP contribution in [0.15, 0.2) is 65.7 Å². The second kappa shape index (κ2) is 9.27. The van der Waals surface area contributed by atoms with Crippen LogP contribution < -0.4 is 4.74 Å². The molecule has 1 N–H and O–H groups in total. The Morgan fingerprint density at radius 1 is 1.11 bits per heavy atom. The van der Waals surface area contributed by atoms with E-state index < -0.39 is 28.9 Å². The molecular formula is C25H21F3N2O4S. The predicted molar refractivity (Wildman–Crippen MR) is 127 cm³/mol. The zero-order valence-corrected chi connectivity index (χ0v) is 19.8. The van der Waals surface area contributed by atoms with Gasteiger partial charge in [-0.3, -0.25) is 9.55 Å². The first-order valence-electron chi connectivity index (χ1n) is 10.5. The van der Waals surface area contributed by atoms with E-state index in [1.165, 1.54) is 16.9 Å². The lowest BCUT2D eigenvalue weighted by Crippen LogP contribution is -2.11. The van der Waals surface area contributed by atoms with Crippen molar-refractivity contribution in [1.82, 2.24) is 9.55 Å². The van der Waals surface area contributed by atoms with Crippen LogP contribution in [0.4, 0.5) is 13.2 Å². The molecule has 10 heteroatoms. The van der Waals surface area contributed by atoms with Crippen molar-refractivity contribution in [3.8, 4) is 22.7 Å². The number of halogens is 3. The van der Waals surface area contributed by atoms with E-state index in [1.807, 2.05) is 13.8 Å². The minimum absolute atomic E-state index is 0.0332. The predicted octanol–water partition coefficient (Wildman–Crippen LogP) is 5.93. The average molecular weight is 503 g/mol. The first kappa shape index (κ1) is 24.6. The molecule has 0 fully saturated rings. The van der Waals surface area contributed by atoms with Gasteiger partial charge in [0.15, 0.2) is 10.6 Å². The Balaban J connectivity index is 1.90. The molecule has 1 unspecified atom stereocenters. The van der Waals surface area contributed by atoms with E-state index in [1.54, 1.807) is 42.5 Å². The summed E-state index contributed by atoms with van der Waals surface area (Å²) >= 11 is -1.68. The standard InChI is InChI=1S/C25H21F3N2O4S/c1-14(2)34-18-8-6-17(7-9-18)30-21-11-4-15(20-10-5-16(13-29-20)25(26,27)28)12-19(21)23(35(3)33)22(30)24(31)32/h4-14H,1-3H3,(H,31,32). The van der Waals surface area contributed by atoms with Crippen LogP contribution in [-0.4, -0.2) is 37.5 Å². The van der Waals surface area contributed by atoms with Crippen molar-refractivity contribution in [2.75, 3.05) is 6.26 Å². The van der Waals surface area contributed by atoms with E-state index in [4.69, 9.17) is 4.74 Å². The molecule has 0 aliphatic carbocycles. The van der Waals surface area contributed by atoms with Gasteiger partial charge in [0, 0.05) is 17.4 Å². The van der Waals surface area contributed by atoms with Gasteiger partial charge in [-0.1, -0.05) is 6.07 Å². The first-order valence-corrected chi connectivity index (χ1v) is 12.1. The van der Waals surface area contributed by atoms with Crippen LogP contribution in [0.3, 0.4) is 0 Å². The van der Waals surface area contributed by atoms with Crippen molar-refractivity contribution in [1.29, 1.82) is 0 Å². The number of aromatic nitrogens is 2. The molecule has 0 saturated carbocycles. The molecular weight excluding hydrogens is 481 g/mol. The number of hydrogen-bond acceptors (Lipinski definition) is 4. The third kappa shape index (κ3) is 4.85. The molecule has 4 aromatic rings. The third-order valence-corrected chi connectivity index (χ3v) is 6.25. The zero-order chi connectivity index (χ0) is 25.5. The topological polar surface area (TPSA) is 87.4 Å².